The van der Waals surface area contributed by atoms with Gasteiger partial charge in [-0.3, -0.25) is 4.89 Å². The summed E-state index contributed by atoms with van der Waals surface area (Å²) in [5.74, 6) is -0.605. The van der Waals surface area contributed by atoms with Crippen molar-refractivity contribution in [1.29, 1.82) is 0 Å². The number of hydrogen-bond acceptors (Lipinski definition) is 6. The van der Waals surface area contributed by atoms with Crippen LogP contribution in [0.1, 0.15) is 31.1 Å². The summed E-state index contributed by atoms with van der Waals surface area (Å²) >= 11 is 2.99. The smallest absolute Gasteiger partial charge is 0.263 e. The molecule has 0 aromatic heterocycles. The molecular weight excluding hydrogens is 404 g/mol. The molecule has 0 radical (unpaired) electrons. The third kappa shape index (κ3) is 6.65. The highest BCUT2D eigenvalue weighted by Crippen LogP contribution is 2.38. The van der Waals surface area contributed by atoms with Gasteiger partial charge in [0.2, 0.25) is 0 Å². The maximum atomic E-state index is 12.9. The Hall–Kier alpha value is -2.25. The number of hydrogen-bond donors (Lipinski definition) is 0. The van der Waals surface area contributed by atoms with E-state index in [1.807, 2.05) is 78.9 Å². The molecule has 0 saturated heterocycles. The Kier molecular flexibility index (Phi) is 7.39. The van der Waals surface area contributed by atoms with Crippen molar-refractivity contribution in [2.75, 3.05) is 0 Å². The van der Waals surface area contributed by atoms with Gasteiger partial charge in [0.15, 0.2) is 0 Å². The van der Waals surface area contributed by atoms with Gasteiger partial charge >= 0.3 is 5.97 Å². The summed E-state index contributed by atoms with van der Waals surface area (Å²) in [6.45, 7) is 5.41. The summed E-state index contributed by atoms with van der Waals surface area (Å²) in [5.41, 5.74) is -0.159. The van der Waals surface area contributed by atoms with Gasteiger partial charge in [0.25, 0.3) is 0 Å². The Balaban J connectivity index is 1.90. The van der Waals surface area contributed by atoms with E-state index in [2.05, 4.69) is 0 Å². The normalized spacial score (nSPS) is 11.3. The molecule has 0 N–H and O–H groups in total. The van der Waals surface area contributed by atoms with Crippen LogP contribution in [0.4, 0.5) is 0 Å². The van der Waals surface area contributed by atoms with Gasteiger partial charge in [0, 0.05) is 19.6 Å². The van der Waals surface area contributed by atoms with Crippen LogP contribution in [0, 0.1) is 0 Å². The van der Waals surface area contributed by atoms with Crippen LogP contribution in [-0.2, 0) is 14.8 Å². The van der Waals surface area contributed by atoms with E-state index in [0.29, 0.717) is 5.56 Å². The summed E-state index contributed by atoms with van der Waals surface area (Å²) in [4.78, 5) is 26.6. The van der Waals surface area contributed by atoms with Crippen molar-refractivity contribution in [3.05, 3.63) is 84.4 Å². The Morgan fingerprint density at radius 1 is 0.724 bits per heavy atom. The SMILES string of the molecule is CC(C)(C)OOOC(=O)c1c(Sc2ccccc2)cccc1Sc1ccccc1. The van der Waals surface area contributed by atoms with Crippen molar-refractivity contribution >= 4 is 29.5 Å². The molecule has 29 heavy (non-hydrogen) atoms. The molecule has 0 aliphatic heterocycles. The van der Waals surface area contributed by atoms with Crippen LogP contribution in [-0.4, -0.2) is 11.6 Å². The van der Waals surface area contributed by atoms with Crippen LogP contribution in [0.5, 0.6) is 0 Å². The van der Waals surface area contributed by atoms with Crippen molar-refractivity contribution < 1.29 is 19.6 Å². The van der Waals surface area contributed by atoms with Gasteiger partial charge in [-0.25, -0.2) is 4.79 Å². The van der Waals surface area contributed by atoms with Crippen LogP contribution in [0.15, 0.2) is 98.4 Å². The highest BCUT2D eigenvalue weighted by Gasteiger charge is 2.22. The zero-order valence-electron chi connectivity index (χ0n) is 16.5. The standard InChI is InChI=1S/C23H22O4S2/c1-23(2,3)26-27-25-22(24)21-19(28-17-11-6-4-7-12-17)15-10-16-20(21)29-18-13-8-5-9-14-18/h4-16H,1-3H3. The third-order valence-corrected chi connectivity index (χ3v) is 5.66. The Morgan fingerprint density at radius 2 is 1.21 bits per heavy atom. The van der Waals surface area contributed by atoms with Gasteiger partial charge in [-0.05, 0) is 62.2 Å². The second kappa shape index (κ2) is 9.98. The second-order valence-electron chi connectivity index (χ2n) is 7.09. The minimum Gasteiger partial charge on any atom is -0.263 e. The summed E-state index contributed by atoms with van der Waals surface area (Å²) in [6, 6.07) is 25.5. The predicted octanol–water partition coefficient (Wildman–Crippen LogP) is 6.81. The molecule has 3 rings (SSSR count). The molecule has 150 valence electrons. The van der Waals surface area contributed by atoms with E-state index < -0.39 is 11.6 Å². The number of benzene rings is 3. The molecule has 0 unspecified atom stereocenters. The van der Waals surface area contributed by atoms with Crippen LogP contribution >= 0.6 is 23.5 Å². The van der Waals surface area contributed by atoms with Crippen LogP contribution in [0.2, 0.25) is 0 Å². The largest absolute Gasteiger partial charge is 0.378 e. The lowest BCUT2D eigenvalue weighted by Gasteiger charge is -2.17. The van der Waals surface area contributed by atoms with E-state index in [9.17, 15) is 4.79 Å². The van der Waals surface area contributed by atoms with Gasteiger partial charge in [0.05, 0.1) is 11.2 Å². The first-order valence-corrected chi connectivity index (χ1v) is 10.7. The van der Waals surface area contributed by atoms with Crippen molar-refractivity contribution in [2.45, 2.75) is 46.0 Å². The van der Waals surface area contributed by atoms with E-state index in [0.717, 1.165) is 19.6 Å². The van der Waals surface area contributed by atoms with Gasteiger partial charge in [-0.1, -0.05) is 66.0 Å². The number of rotatable bonds is 7. The maximum Gasteiger partial charge on any atom is 0.378 e. The predicted molar refractivity (Wildman–Crippen MR) is 115 cm³/mol. The van der Waals surface area contributed by atoms with Gasteiger partial charge in [0.1, 0.15) is 0 Å². The molecule has 0 bridgehead atoms. The lowest BCUT2D eigenvalue weighted by Crippen LogP contribution is -2.21. The fourth-order valence-electron chi connectivity index (χ4n) is 2.30. The Labute approximate surface area is 179 Å². The van der Waals surface area contributed by atoms with Crippen molar-refractivity contribution in [2.24, 2.45) is 0 Å². The van der Waals surface area contributed by atoms with E-state index in [1.54, 1.807) is 20.8 Å². The minimum absolute atomic E-state index is 0.438. The van der Waals surface area contributed by atoms with Gasteiger partial charge in [-0.2, -0.15) is 4.89 Å². The average molecular weight is 427 g/mol. The van der Waals surface area contributed by atoms with E-state index in [4.69, 9.17) is 14.8 Å². The molecular formula is C23H22O4S2. The molecule has 3 aromatic rings. The minimum atomic E-state index is -0.605. The van der Waals surface area contributed by atoms with Crippen molar-refractivity contribution in [1.82, 2.24) is 0 Å². The molecule has 0 aliphatic rings. The molecule has 0 heterocycles. The maximum absolute atomic E-state index is 12.9. The molecule has 0 atom stereocenters. The third-order valence-electron chi connectivity index (χ3n) is 3.53. The molecule has 6 heteroatoms. The van der Waals surface area contributed by atoms with E-state index in [-0.39, 0.29) is 0 Å². The summed E-state index contributed by atoms with van der Waals surface area (Å²) < 4.78 is 0. The van der Waals surface area contributed by atoms with Crippen LogP contribution in [0.25, 0.3) is 0 Å². The zero-order chi connectivity index (χ0) is 20.7. The summed E-state index contributed by atoms with van der Waals surface area (Å²) in [7, 11) is 0. The van der Waals surface area contributed by atoms with E-state index >= 15 is 0 Å². The fraction of sp³-hybridized carbons (Fsp3) is 0.174. The first kappa shape index (κ1) is 21.5. The fourth-order valence-corrected chi connectivity index (χ4v) is 4.35. The molecule has 0 spiro atoms. The Morgan fingerprint density at radius 3 is 1.66 bits per heavy atom. The van der Waals surface area contributed by atoms with Crippen LogP contribution in [0.3, 0.4) is 0 Å². The number of carbonyl (C=O) groups excluding carboxylic acids is 1. The number of carbonyl (C=O) groups is 1. The lowest BCUT2D eigenvalue weighted by molar-refractivity contribution is -0.510. The second-order valence-corrected chi connectivity index (χ2v) is 9.32. The first-order chi connectivity index (χ1) is 13.9. The first-order valence-electron chi connectivity index (χ1n) is 9.08. The zero-order valence-corrected chi connectivity index (χ0v) is 18.1. The summed E-state index contributed by atoms with van der Waals surface area (Å²) in [6.07, 6.45) is 0. The quantitative estimate of drug-likeness (QED) is 0.305. The molecule has 0 aliphatic carbocycles. The topological polar surface area (TPSA) is 44.8 Å². The lowest BCUT2D eigenvalue weighted by atomic mass is 10.2. The van der Waals surface area contributed by atoms with Crippen molar-refractivity contribution in [3.8, 4) is 0 Å². The molecule has 0 amide bonds. The van der Waals surface area contributed by atoms with Gasteiger partial charge in [-0.15, -0.1) is 0 Å². The van der Waals surface area contributed by atoms with Crippen molar-refractivity contribution in [3.63, 3.8) is 0 Å². The Bertz CT molecular complexity index is 878. The van der Waals surface area contributed by atoms with Crippen LogP contribution < -0.4 is 0 Å². The average Bonchev–Trinajstić information content (AvgIpc) is 2.69. The molecule has 0 fully saturated rings. The highest BCUT2D eigenvalue weighted by atomic mass is 32.2. The monoisotopic (exact) mass is 426 g/mol. The summed E-state index contributed by atoms with van der Waals surface area (Å²) in [5, 5.41) is 4.76. The molecule has 4 nitrogen and oxygen atoms in total. The van der Waals surface area contributed by atoms with E-state index in [1.165, 1.54) is 23.5 Å². The van der Waals surface area contributed by atoms with Gasteiger partial charge < -0.3 is 0 Å². The molecule has 0 saturated carbocycles. The highest BCUT2D eigenvalue weighted by molar-refractivity contribution is 8.00. The molecule has 3 aromatic carbocycles.